The second kappa shape index (κ2) is 55.2. The monoisotopic (exact) mass is 1050 g/mol. The first-order valence-electron chi connectivity index (χ1n) is 30.6. The third-order valence-corrected chi connectivity index (χ3v) is 14.3. The molecule has 0 aromatic heterocycles. The molecule has 74 heavy (non-hydrogen) atoms. The van der Waals surface area contributed by atoms with Gasteiger partial charge in [-0.15, -0.1) is 0 Å². The van der Waals surface area contributed by atoms with Crippen LogP contribution in [0.4, 0.5) is 0 Å². The highest BCUT2D eigenvalue weighted by molar-refractivity contribution is 7.47. The maximum Gasteiger partial charge on any atom is 0.472 e. The number of phosphoric ester groups is 1. The summed E-state index contributed by atoms with van der Waals surface area (Å²) in [5, 5.41) is 13.9. The van der Waals surface area contributed by atoms with E-state index in [-0.39, 0.29) is 19.1 Å². The Labute approximate surface area is 458 Å². The lowest BCUT2D eigenvalue weighted by molar-refractivity contribution is -0.870. The van der Waals surface area contributed by atoms with E-state index in [2.05, 4.69) is 104 Å². The number of aliphatic hydroxyl groups is 1. The molecule has 0 radical (unpaired) electrons. The van der Waals surface area contributed by atoms with Crippen LogP contribution in [0.5, 0.6) is 0 Å². The Morgan fingerprint density at radius 3 is 1.24 bits per heavy atom. The van der Waals surface area contributed by atoms with Crippen molar-refractivity contribution in [2.75, 3.05) is 40.9 Å². The molecule has 0 aliphatic rings. The number of amides is 1. The number of rotatable bonds is 55. The van der Waals surface area contributed by atoms with Crippen LogP contribution in [-0.4, -0.2) is 73.4 Å². The number of likely N-dealkylation sites (N-methyl/N-ethyl adjacent to an activating group) is 1. The zero-order valence-electron chi connectivity index (χ0n) is 48.8. The van der Waals surface area contributed by atoms with Crippen molar-refractivity contribution in [2.45, 2.75) is 270 Å². The molecule has 3 N–H and O–H groups in total. The Morgan fingerprint density at radius 2 is 0.824 bits per heavy atom. The molecule has 0 bridgehead atoms. The molecule has 428 valence electrons. The van der Waals surface area contributed by atoms with Gasteiger partial charge in [0.15, 0.2) is 0 Å². The number of phosphoric acid groups is 1. The van der Waals surface area contributed by atoms with Crippen LogP contribution in [0.3, 0.4) is 0 Å². The van der Waals surface area contributed by atoms with Gasteiger partial charge in [0, 0.05) is 6.42 Å². The van der Waals surface area contributed by atoms with Crippen LogP contribution in [0.1, 0.15) is 258 Å². The number of nitrogens with one attached hydrogen (secondary N) is 1. The van der Waals surface area contributed by atoms with Gasteiger partial charge in [0.2, 0.25) is 5.91 Å². The van der Waals surface area contributed by atoms with Gasteiger partial charge < -0.3 is 19.8 Å². The molecule has 0 aromatic carbocycles. The van der Waals surface area contributed by atoms with E-state index in [1.54, 1.807) is 6.08 Å². The fourth-order valence-electron chi connectivity index (χ4n) is 8.53. The largest absolute Gasteiger partial charge is 0.472 e. The lowest BCUT2D eigenvalue weighted by atomic mass is 10.0. The average molecular weight is 1050 g/mol. The van der Waals surface area contributed by atoms with Crippen LogP contribution in [0.15, 0.2) is 97.2 Å². The van der Waals surface area contributed by atoms with Crippen LogP contribution in [0.2, 0.25) is 0 Å². The molecule has 0 spiro atoms. The summed E-state index contributed by atoms with van der Waals surface area (Å²) in [7, 11) is 1.55. The molecule has 0 aliphatic heterocycles. The van der Waals surface area contributed by atoms with Crippen molar-refractivity contribution in [3.63, 3.8) is 0 Å². The number of quaternary nitrogens is 1. The van der Waals surface area contributed by atoms with E-state index in [4.69, 9.17) is 9.05 Å². The number of allylic oxidation sites excluding steroid dienone is 15. The second-order valence-electron chi connectivity index (χ2n) is 21.7. The maximum absolute atomic E-state index is 13.0. The fourth-order valence-corrected chi connectivity index (χ4v) is 9.27. The summed E-state index contributed by atoms with van der Waals surface area (Å²) in [6, 6.07) is -0.871. The van der Waals surface area contributed by atoms with E-state index in [0.717, 1.165) is 77.0 Å². The molecule has 0 aromatic rings. The van der Waals surface area contributed by atoms with Crippen molar-refractivity contribution in [1.82, 2.24) is 5.32 Å². The van der Waals surface area contributed by atoms with Gasteiger partial charge in [-0.1, -0.05) is 265 Å². The first-order valence-corrected chi connectivity index (χ1v) is 32.1. The lowest BCUT2D eigenvalue weighted by Crippen LogP contribution is -2.45. The predicted octanol–water partition coefficient (Wildman–Crippen LogP) is 19.0. The van der Waals surface area contributed by atoms with Gasteiger partial charge in [-0.05, 0) is 83.5 Å². The van der Waals surface area contributed by atoms with E-state index < -0.39 is 20.0 Å². The number of aliphatic hydroxyl groups excluding tert-OH is 1. The third kappa shape index (κ3) is 57.1. The molecule has 0 heterocycles. The summed E-state index contributed by atoms with van der Waals surface area (Å²) in [5.41, 5.74) is 0. The van der Waals surface area contributed by atoms with Crippen molar-refractivity contribution in [3.8, 4) is 0 Å². The number of unbranched alkanes of at least 4 members (excludes halogenated alkanes) is 28. The lowest BCUT2D eigenvalue weighted by Gasteiger charge is -2.25. The Morgan fingerprint density at radius 1 is 0.473 bits per heavy atom. The molecule has 0 saturated heterocycles. The van der Waals surface area contributed by atoms with E-state index >= 15 is 0 Å². The molecule has 9 heteroatoms. The zero-order valence-corrected chi connectivity index (χ0v) is 49.7. The van der Waals surface area contributed by atoms with Crippen LogP contribution in [0.25, 0.3) is 0 Å². The van der Waals surface area contributed by atoms with Gasteiger partial charge in [-0.2, -0.15) is 0 Å². The second-order valence-corrected chi connectivity index (χ2v) is 23.1. The summed E-state index contributed by atoms with van der Waals surface area (Å²) in [6.45, 7) is 4.69. The van der Waals surface area contributed by atoms with Crippen LogP contribution in [0, 0.1) is 0 Å². The minimum Gasteiger partial charge on any atom is -0.387 e. The normalized spacial score (nSPS) is 14.5. The summed E-state index contributed by atoms with van der Waals surface area (Å²) in [5.74, 6) is -0.191. The smallest absolute Gasteiger partial charge is 0.387 e. The Kier molecular flexibility index (Phi) is 53.3. The van der Waals surface area contributed by atoms with E-state index in [9.17, 15) is 19.4 Å². The molecular weight excluding hydrogens is 936 g/mol. The third-order valence-electron chi connectivity index (χ3n) is 13.3. The van der Waals surface area contributed by atoms with Crippen molar-refractivity contribution in [1.29, 1.82) is 0 Å². The summed E-state index contributed by atoms with van der Waals surface area (Å²) >= 11 is 0. The van der Waals surface area contributed by atoms with Gasteiger partial charge in [0.05, 0.1) is 39.9 Å². The summed E-state index contributed by atoms with van der Waals surface area (Å²) in [4.78, 5) is 23.3. The molecule has 8 nitrogen and oxygen atoms in total. The molecule has 0 saturated carbocycles. The molecular formula is C65H118N2O6P+. The minimum absolute atomic E-state index is 0.0521. The fraction of sp³-hybridized carbons (Fsp3) is 0.738. The quantitative estimate of drug-likeness (QED) is 0.0243. The first-order chi connectivity index (χ1) is 36.0. The standard InChI is InChI=1S/C65H117N2O6P/c1-6-8-10-12-14-16-18-20-22-24-26-28-29-30-31-32-33-34-35-36-37-39-41-43-45-47-49-51-53-55-57-59-65(69)66-63(62-73-74(70,71)72-61-60-67(3,4)5)64(68)58-56-54-52-50-48-46-44-42-40-38-27-25-23-21-19-17-15-13-11-9-7-2/h8,10,14,16,20,22,26,28,30-31,33-34,48,50,56,58,63-64,68H,6-7,9,11-13,15,17-19,21,23-25,27,29,32,35-47,49,51-55,57,59-62H2,1-5H3,(H-,66,69,70,71)/p+1/b10-8-,16-14-,22-20-,28-26-,31-30-,34-33-,50-48+,58-56+. The number of carbonyl (C=O) groups excluding carboxylic acids is 1. The Balaban J connectivity index is 4.21. The van der Waals surface area contributed by atoms with E-state index in [0.29, 0.717) is 17.4 Å². The van der Waals surface area contributed by atoms with E-state index in [1.807, 2.05) is 27.2 Å². The van der Waals surface area contributed by atoms with Gasteiger partial charge in [0.1, 0.15) is 13.2 Å². The Hall–Kier alpha value is -2.58. The van der Waals surface area contributed by atoms with Crippen LogP contribution >= 0.6 is 7.82 Å². The van der Waals surface area contributed by atoms with Crippen molar-refractivity contribution in [2.24, 2.45) is 0 Å². The van der Waals surface area contributed by atoms with Crippen LogP contribution in [-0.2, 0) is 18.4 Å². The number of carbonyl (C=O) groups is 1. The Bertz CT molecular complexity index is 1520. The summed E-state index contributed by atoms with van der Waals surface area (Å²) in [6.07, 6.45) is 79.5. The number of hydrogen-bond acceptors (Lipinski definition) is 5. The molecule has 0 aliphatic carbocycles. The van der Waals surface area contributed by atoms with Gasteiger partial charge in [0.25, 0.3) is 0 Å². The molecule has 3 atom stereocenters. The molecule has 3 unspecified atom stereocenters. The number of hydrogen-bond donors (Lipinski definition) is 3. The highest BCUT2D eigenvalue weighted by Gasteiger charge is 2.27. The predicted molar refractivity (Wildman–Crippen MR) is 322 cm³/mol. The van der Waals surface area contributed by atoms with Gasteiger partial charge in [-0.25, -0.2) is 4.57 Å². The summed E-state index contributed by atoms with van der Waals surface area (Å²) < 4.78 is 23.7. The average Bonchev–Trinajstić information content (AvgIpc) is 3.36. The maximum atomic E-state index is 13.0. The molecule has 1 amide bonds. The van der Waals surface area contributed by atoms with E-state index in [1.165, 1.54) is 161 Å². The molecule has 0 rings (SSSR count). The van der Waals surface area contributed by atoms with Crippen LogP contribution < -0.4 is 5.32 Å². The van der Waals surface area contributed by atoms with Crippen molar-refractivity contribution >= 4 is 13.7 Å². The van der Waals surface area contributed by atoms with Crippen molar-refractivity contribution < 1.29 is 32.9 Å². The first kappa shape index (κ1) is 71.4. The number of nitrogens with zero attached hydrogens (tertiary/aromatic N) is 1. The minimum atomic E-state index is -4.36. The zero-order chi connectivity index (χ0) is 54.2. The van der Waals surface area contributed by atoms with Gasteiger partial charge in [-0.3, -0.25) is 13.8 Å². The highest BCUT2D eigenvalue weighted by Crippen LogP contribution is 2.43. The van der Waals surface area contributed by atoms with Gasteiger partial charge >= 0.3 is 7.82 Å². The topological polar surface area (TPSA) is 105 Å². The van der Waals surface area contributed by atoms with Crippen molar-refractivity contribution in [3.05, 3.63) is 97.2 Å². The SMILES string of the molecule is CC/C=C\C/C=C\C/C=C\C/C=C\C/C=C\C/C=C\CCCCCCCCCCCCCCC(=O)NC(COP(=O)(O)OCC[N+](C)(C)C)C(O)/C=C/CC/C=C/CCCCCCCCCCCCCCCCC. The molecule has 0 fully saturated rings. The highest BCUT2D eigenvalue weighted by atomic mass is 31.2.